The molecule has 182 valence electrons. The molecular formula is C20H24F3N9O2. The number of halogens is 3. The van der Waals surface area contributed by atoms with Crippen molar-refractivity contribution in [1.29, 1.82) is 0 Å². The lowest BCUT2D eigenvalue weighted by molar-refractivity contribution is -0.145. The number of anilines is 2. The van der Waals surface area contributed by atoms with Crippen LogP contribution in [0.3, 0.4) is 0 Å². The molecule has 1 amide bonds. The van der Waals surface area contributed by atoms with Crippen LogP contribution in [0, 0.1) is 0 Å². The van der Waals surface area contributed by atoms with Crippen molar-refractivity contribution in [3.8, 4) is 11.6 Å². The fraction of sp³-hybridized carbons (Fsp3) is 0.550. The van der Waals surface area contributed by atoms with E-state index in [1.165, 1.54) is 15.7 Å². The maximum Gasteiger partial charge on any atom is 0.401 e. The smallest absolute Gasteiger partial charge is 0.401 e. The molecule has 14 heteroatoms. The van der Waals surface area contributed by atoms with E-state index >= 15 is 0 Å². The van der Waals surface area contributed by atoms with Gasteiger partial charge in [-0.15, -0.1) is 5.10 Å². The Kier molecular flexibility index (Phi) is 5.75. The average Bonchev–Trinajstić information content (AvgIpc) is 3.51. The summed E-state index contributed by atoms with van der Waals surface area (Å²) in [5, 5.41) is 4.28. The van der Waals surface area contributed by atoms with Gasteiger partial charge in [-0.3, -0.25) is 9.69 Å². The van der Waals surface area contributed by atoms with Gasteiger partial charge in [0.25, 0.3) is 5.78 Å². The Hall–Kier alpha value is -3.42. The zero-order valence-electron chi connectivity index (χ0n) is 18.3. The average molecular weight is 479 g/mol. The zero-order valence-corrected chi connectivity index (χ0v) is 18.3. The number of furan rings is 1. The lowest BCUT2D eigenvalue weighted by Gasteiger charge is -2.29. The number of nitrogens with two attached hydrogens (primary N) is 1. The Morgan fingerprint density at radius 2 is 1.97 bits per heavy atom. The van der Waals surface area contributed by atoms with Gasteiger partial charge in [-0.25, -0.2) is 0 Å². The molecule has 34 heavy (non-hydrogen) atoms. The largest absolute Gasteiger partial charge is 0.461 e. The number of nitrogens with zero attached hydrogens (tertiary/aromatic N) is 8. The molecule has 2 aliphatic rings. The fourth-order valence-corrected chi connectivity index (χ4v) is 4.51. The van der Waals surface area contributed by atoms with E-state index in [9.17, 15) is 18.0 Å². The van der Waals surface area contributed by atoms with Gasteiger partial charge < -0.3 is 20.0 Å². The zero-order chi connectivity index (χ0) is 23.9. The van der Waals surface area contributed by atoms with E-state index in [-0.39, 0.29) is 36.7 Å². The number of amides is 1. The first kappa shape index (κ1) is 22.4. The summed E-state index contributed by atoms with van der Waals surface area (Å²) >= 11 is 0. The third kappa shape index (κ3) is 4.49. The summed E-state index contributed by atoms with van der Waals surface area (Å²) in [4.78, 5) is 31.3. The molecule has 2 N–H and O–H groups in total. The Morgan fingerprint density at radius 1 is 1.12 bits per heavy atom. The van der Waals surface area contributed by atoms with Gasteiger partial charge in [0.05, 0.1) is 12.8 Å². The van der Waals surface area contributed by atoms with Crippen LogP contribution in [0.15, 0.2) is 22.8 Å². The summed E-state index contributed by atoms with van der Waals surface area (Å²) in [5.41, 5.74) is 6.10. The summed E-state index contributed by atoms with van der Waals surface area (Å²) in [5.74, 6) is 1.20. The highest BCUT2D eigenvalue weighted by Crippen LogP contribution is 2.26. The van der Waals surface area contributed by atoms with Gasteiger partial charge in [0.2, 0.25) is 23.6 Å². The first-order valence-corrected chi connectivity index (χ1v) is 11.1. The molecule has 0 saturated carbocycles. The van der Waals surface area contributed by atoms with Crippen molar-refractivity contribution in [2.45, 2.75) is 31.5 Å². The van der Waals surface area contributed by atoms with E-state index in [0.717, 1.165) is 6.42 Å². The first-order valence-electron chi connectivity index (χ1n) is 11.1. The molecule has 2 aliphatic heterocycles. The molecule has 0 radical (unpaired) electrons. The van der Waals surface area contributed by atoms with E-state index < -0.39 is 18.8 Å². The van der Waals surface area contributed by atoms with Gasteiger partial charge in [-0.2, -0.15) is 32.6 Å². The fourth-order valence-electron chi connectivity index (χ4n) is 4.51. The Bertz CT molecular complexity index is 1160. The lowest BCUT2D eigenvalue weighted by atomic mass is 10.2. The van der Waals surface area contributed by atoms with Crippen LogP contribution in [-0.4, -0.2) is 91.8 Å². The standard InChI is InChI=1S/C20H24F3N9O2/c21-20(22,23)12-29-6-3-7-30(10-9-29)16(33)13-4-1-8-31(13)18-26-17(24)32-19(27-18)25-15(28-32)14-5-2-11-34-14/h2,5,11,13H,1,3-4,6-10,12H2,(H2,24,25,26,27,28)/t13-/m0/s1. The maximum atomic E-state index is 13.3. The number of nitrogen functional groups attached to an aromatic ring is 1. The molecule has 0 aromatic carbocycles. The Morgan fingerprint density at radius 3 is 2.74 bits per heavy atom. The van der Waals surface area contributed by atoms with Gasteiger partial charge in [0, 0.05) is 32.7 Å². The minimum atomic E-state index is -4.25. The number of alkyl halides is 3. The number of carbonyl (C=O) groups excluding carboxylic acids is 1. The number of rotatable bonds is 4. The monoisotopic (exact) mass is 479 g/mol. The minimum Gasteiger partial charge on any atom is -0.461 e. The van der Waals surface area contributed by atoms with Crippen LogP contribution in [0.2, 0.25) is 0 Å². The Balaban J connectivity index is 1.34. The molecule has 3 aromatic heterocycles. The molecule has 2 fully saturated rings. The summed E-state index contributed by atoms with van der Waals surface area (Å²) in [7, 11) is 0. The molecule has 5 rings (SSSR count). The van der Waals surface area contributed by atoms with E-state index in [1.807, 2.05) is 0 Å². The number of aromatic nitrogens is 5. The quantitative estimate of drug-likeness (QED) is 0.592. The van der Waals surface area contributed by atoms with Gasteiger partial charge >= 0.3 is 6.18 Å². The second-order valence-corrected chi connectivity index (χ2v) is 8.43. The third-order valence-electron chi connectivity index (χ3n) is 6.06. The van der Waals surface area contributed by atoms with Crippen molar-refractivity contribution >= 4 is 23.6 Å². The van der Waals surface area contributed by atoms with Crippen LogP contribution in [0.25, 0.3) is 17.4 Å². The second-order valence-electron chi connectivity index (χ2n) is 8.43. The molecule has 3 aromatic rings. The number of hydrogen-bond donors (Lipinski definition) is 1. The molecule has 0 aliphatic carbocycles. The van der Waals surface area contributed by atoms with Crippen LogP contribution in [0.1, 0.15) is 19.3 Å². The SMILES string of the molecule is Nc1nc(N2CCC[C@H]2C(=O)N2CCCN(CC(F)(F)F)CC2)nc2nc(-c3ccco3)nn12. The van der Waals surface area contributed by atoms with Crippen LogP contribution >= 0.6 is 0 Å². The summed E-state index contributed by atoms with van der Waals surface area (Å²) in [6, 6.07) is 2.92. The summed E-state index contributed by atoms with van der Waals surface area (Å²) in [6.45, 7) is 0.741. The van der Waals surface area contributed by atoms with Gasteiger partial charge in [-0.1, -0.05) is 0 Å². The maximum absolute atomic E-state index is 13.3. The molecule has 11 nitrogen and oxygen atoms in total. The van der Waals surface area contributed by atoms with Crippen LogP contribution in [0.5, 0.6) is 0 Å². The number of carbonyl (C=O) groups is 1. The highest BCUT2D eigenvalue weighted by molar-refractivity contribution is 5.85. The first-order chi connectivity index (χ1) is 16.3. The Labute approximate surface area is 192 Å². The van der Waals surface area contributed by atoms with E-state index in [4.69, 9.17) is 10.2 Å². The van der Waals surface area contributed by atoms with Gasteiger partial charge in [0.1, 0.15) is 6.04 Å². The van der Waals surface area contributed by atoms with Crippen molar-refractivity contribution in [2.24, 2.45) is 0 Å². The molecule has 1 atom stereocenters. The number of fused-ring (bicyclic) bond motifs is 1. The van der Waals surface area contributed by atoms with E-state index in [1.54, 1.807) is 21.9 Å². The third-order valence-corrected chi connectivity index (χ3v) is 6.06. The lowest BCUT2D eigenvalue weighted by Crippen LogP contribution is -2.47. The van der Waals surface area contributed by atoms with Crippen LogP contribution in [-0.2, 0) is 4.79 Å². The minimum absolute atomic E-state index is 0.0703. The van der Waals surface area contributed by atoms with Crippen LogP contribution in [0.4, 0.5) is 25.1 Å². The van der Waals surface area contributed by atoms with Crippen molar-refractivity contribution in [1.82, 2.24) is 34.4 Å². The van der Waals surface area contributed by atoms with Crippen molar-refractivity contribution < 1.29 is 22.4 Å². The van der Waals surface area contributed by atoms with Crippen molar-refractivity contribution in [3.05, 3.63) is 18.4 Å². The van der Waals surface area contributed by atoms with E-state index in [0.29, 0.717) is 44.1 Å². The van der Waals surface area contributed by atoms with Crippen molar-refractivity contribution in [3.63, 3.8) is 0 Å². The normalized spacial score (nSPS) is 20.3. The highest BCUT2D eigenvalue weighted by Gasteiger charge is 2.37. The van der Waals surface area contributed by atoms with Gasteiger partial charge in [-0.05, 0) is 31.4 Å². The molecular weight excluding hydrogens is 455 g/mol. The molecule has 0 unspecified atom stereocenters. The molecule has 5 heterocycles. The topological polar surface area (TPSA) is 122 Å². The summed E-state index contributed by atoms with van der Waals surface area (Å²) in [6.07, 6.45) is -0.911. The highest BCUT2D eigenvalue weighted by atomic mass is 19.4. The number of hydrogen-bond acceptors (Lipinski definition) is 9. The second kappa shape index (κ2) is 8.74. The van der Waals surface area contributed by atoms with Crippen LogP contribution < -0.4 is 10.6 Å². The molecule has 0 spiro atoms. The molecule has 2 saturated heterocycles. The predicted molar refractivity (Wildman–Crippen MR) is 115 cm³/mol. The molecule has 0 bridgehead atoms. The predicted octanol–water partition coefficient (Wildman–Crippen LogP) is 1.43. The summed E-state index contributed by atoms with van der Waals surface area (Å²) < 4.78 is 44.9. The van der Waals surface area contributed by atoms with Crippen molar-refractivity contribution in [2.75, 3.05) is 49.9 Å². The van der Waals surface area contributed by atoms with Gasteiger partial charge in [0.15, 0.2) is 5.76 Å². The van der Waals surface area contributed by atoms with E-state index in [2.05, 4.69) is 20.1 Å².